The van der Waals surface area contributed by atoms with Crippen molar-refractivity contribution in [3.8, 4) is 0 Å². The molecule has 0 aromatic rings. The molecule has 0 rings (SSSR count). The van der Waals surface area contributed by atoms with E-state index < -0.39 is 24.0 Å². The van der Waals surface area contributed by atoms with Crippen LogP contribution in [0.5, 0.6) is 0 Å². The molecule has 2 atom stereocenters. The zero-order valence-corrected chi connectivity index (χ0v) is 19.5. The number of hydrogen-bond donors (Lipinski definition) is 2. The summed E-state index contributed by atoms with van der Waals surface area (Å²) in [5, 5.41) is 15.4. The second-order valence-corrected chi connectivity index (χ2v) is 6.42. The van der Waals surface area contributed by atoms with Gasteiger partial charge in [-0.15, -0.1) is 0 Å². The smallest absolute Gasteiger partial charge is 0.548 e. The fourth-order valence-electron chi connectivity index (χ4n) is 2.37. The minimum atomic E-state index is -1.35. The van der Waals surface area contributed by atoms with Crippen molar-refractivity contribution < 1.29 is 70.9 Å². The van der Waals surface area contributed by atoms with Crippen LogP contribution < -0.4 is 67.1 Å². The third-order valence-corrected chi connectivity index (χ3v) is 3.99. The van der Waals surface area contributed by atoms with Gasteiger partial charge in [0.25, 0.3) is 0 Å². The van der Waals surface area contributed by atoms with Gasteiger partial charge in [-0.05, 0) is 20.3 Å². The molecule has 6 nitrogen and oxygen atoms in total. The minimum absolute atomic E-state index is 0. The molecule has 0 radical (unpaired) electrons. The van der Waals surface area contributed by atoms with Crippen molar-refractivity contribution in [2.24, 2.45) is 0 Å². The van der Waals surface area contributed by atoms with Crippen molar-refractivity contribution in [3.05, 3.63) is 0 Å². The Bertz CT molecular complexity index is 391. The molecular formula is C18H33KN2O4. The SMILES string of the molecule is CCCCCCCCCCCC(=O)N[C@@H](C)C(=O)N[C@@H](C)C(=O)[O-].[K+]. The number of hydrogen-bond acceptors (Lipinski definition) is 4. The third kappa shape index (κ3) is 16.0. The average molecular weight is 381 g/mol. The summed E-state index contributed by atoms with van der Waals surface area (Å²) in [5.41, 5.74) is 0. The molecule has 2 N–H and O–H groups in total. The summed E-state index contributed by atoms with van der Waals surface area (Å²) in [6.45, 7) is 5.06. The van der Waals surface area contributed by atoms with Crippen LogP contribution in [0, 0.1) is 0 Å². The van der Waals surface area contributed by atoms with Crippen molar-refractivity contribution in [1.82, 2.24) is 10.6 Å². The van der Waals surface area contributed by atoms with Crippen LogP contribution in [0.4, 0.5) is 0 Å². The van der Waals surface area contributed by atoms with E-state index in [-0.39, 0.29) is 57.3 Å². The topological polar surface area (TPSA) is 98.3 Å². The van der Waals surface area contributed by atoms with E-state index in [1.807, 2.05) is 0 Å². The minimum Gasteiger partial charge on any atom is -0.548 e. The Kier molecular flexibility index (Phi) is 19.0. The van der Waals surface area contributed by atoms with Gasteiger partial charge in [0.1, 0.15) is 6.04 Å². The van der Waals surface area contributed by atoms with Crippen LogP contribution in [-0.2, 0) is 14.4 Å². The first-order chi connectivity index (χ1) is 11.4. The van der Waals surface area contributed by atoms with Gasteiger partial charge in [0.2, 0.25) is 11.8 Å². The Hall–Kier alpha value is 0.0464. The van der Waals surface area contributed by atoms with Crippen LogP contribution in [0.1, 0.15) is 85.0 Å². The van der Waals surface area contributed by atoms with Crippen molar-refractivity contribution in [2.75, 3.05) is 0 Å². The van der Waals surface area contributed by atoms with Crippen LogP contribution in [0.2, 0.25) is 0 Å². The van der Waals surface area contributed by atoms with Crippen LogP contribution in [0.3, 0.4) is 0 Å². The maximum absolute atomic E-state index is 11.8. The molecule has 0 aromatic carbocycles. The molecule has 0 aromatic heterocycles. The Balaban J connectivity index is 0. The van der Waals surface area contributed by atoms with E-state index in [1.165, 1.54) is 52.4 Å². The van der Waals surface area contributed by atoms with Gasteiger partial charge in [0.05, 0.1) is 12.0 Å². The summed E-state index contributed by atoms with van der Waals surface area (Å²) in [5.74, 6) is -2.05. The number of carbonyl (C=O) groups excluding carboxylic acids is 3. The van der Waals surface area contributed by atoms with E-state index in [9.17, 15) is 19.5 Å². The molecule has 0 spiro atoms. The number of carboxylic acid groups (broad SMARTS) is 1. The Morgan fingerprint density at radius 3 is 1.76 bits per heavy atom. The number of carbonyl (C=O) groups is 3. The van der Waals surface area contributed by atoms with E-state index in [2.05, 4.69) is 17.6 Å². The van der Waals surface area contributed by atoms with Crippen LogP contribution >= 0.6 is 0 Å². The second-order valence-electron chi connectivity index (χ2n) is 6.42. The predicted molar refractivity (Wildman–Crippen MR) is 92.1 cm³/mol. The summed E-state index contributed by atoms with van der Waals surface area (Å²) in [6.07, 6.45) is 11.0. The number of unbranched alkanes of at least 4 members (excludes halogenated alkanes) is 8. The van der Waals surface area contributed by atoms with Gasteiger partial charge in [-0.2, -0.15) is 0 Å². The van der Waals surface area contributed by atoms with Crippen LogP contribution in [0.15, 0.2) is 0 Å². The molecule has 0 saturated carbocycles. The number of rotatable bonds is 14. The van der Waals surface area contributed by atoms with Gasteiger partial charge in [0.15, 0.2) is 0 Å². The fraction of sp³-hybridized carbons (Fsp3) is 0.833. The first-order valence-corrected chi connectivity index (χ1v) is 9.19. The van der Waals surface area contributed by atoms with Crippen LogP contribution in [-0.4, -0.2) is 29.9 Å². The Morgan fingerprint density at radius 1 is 0.800 bits per heavy atom. The zero-order valence-electron chi connectivity index (χ0n) is 16.4. The molecule has 0 aliphatic carbocycles. The maximum atomic E-state index is 11.8. The Labute approximate surface area is 194 Å². The molecule has 25 heavy (non-hydrogen) atoms. The van der Waals surface area contributed by atoms with Gasteiger partial charge in [0, 0.05) is 6.42 Å². The summed E-state index contributed by atoms with van der Waals surface area (Å²) >= 11 is 0. The quantitative estimate of drug-likeness (QED) is 0.288. The predicted octanol–water partition coefficient (Wildman–Crippen LogP) is -1.33. The van der Waals surface area contributed by atoms with Gasteiger partial charge in [-0.1, -0.05) is 58.3 Å². The van der Waals surface area contributed by atoms with E-state index in [4.69, 9.17) is 0 Å². The molecule has 0 unspecified atom stereocenters. The van der Waals surface area contributed by atoms with E-state index >= 15 is 0 Å². The number of carboxylic acids is 1. The van der Waals surface area contributed by atoms with Crippen molar-refractivity contribution >= 4 is 17.8 Å². The number of amides is 2. The second kappa shape index (κ2) is 17.5. The van der Waals surface area contributed by atoms with Crippen molar-refractivity contribution in [3.63, 3.8) is 0 Å². The molecule has 140 valence electrons. The first-order valence-electron chi connectivity index (χ1n) is 9.19. The normalized spacial score (nSPS) is 12.6. The Morgan fingerprint density at radius 2 is 1.28 bits per heavy atom. The first kappa shape index (κ1) is 27.3. The molecule has 0 bridgehead atoms. The largest absolute Gasteiger partial charge is 1.00 e. The van der Waals surface area contributed by atoms with Gasteiger partial charge in [-0.25, -0.2) is 0 Å². The van der Waals surface area contributed by atoms with E-state index in [0.29, 0.717) is 6.42 Å². The number of nitrogens with one attached hydrogen (secondary N) is 2. The van der Waals surface area contributed by atoms with E-state index in [0.717, 1.165) is 19.3 Å². The van der Waals surface area contributed by atoms with Gasteiger partial charge < -0.3 is 20.5 Å². The average Bonchev–Trinajstić information content (AvgIpc) is 2.52. The van der Waals surface area contributed by atoms with Crippen molar-refractivity contribution in [1.29, 1.82) is 0 Å². The standard InChI is InChI=1S/C18H34N2O4.K/c1-4-5-6-7-8-9-10-11-12-13-16(21)19-14(2)17(22)20-15(3)18(23)24;/h14-15H,4-13H2,1-3H3,(H,19,21)(H,20,22)(H,23,24);/q;+1/p-1/t14-,15-;/m0./s1. The van der Waals surface area contributed by atoms with Crippen LogP contribution in [0.25, 0.3) is 0 Å². The summed E-state index contributed by atoms with van der Waals surface area (Å²) in [7, 11) is 0. The van der Waals surface area contributed by atoms with Gasteiger partial charge >= 0.3 is 51.4 Å². The fourth-order valence-corrected chi connectivity index (χ4v) is 2.37. The molecule has 0 fully saturated rings. The molecule has 0 aliphatic heterocycles. The maximum Gasteiger partial charge on any atom is 1.00 e. The third-order valence-electron chi connectivity index (χ3n) is 3.99. The molecule has 2 amide bonds. The molecule has 0 aliphatic rings. The summed E-state index contributed by atoms with van der Waals surface area (Å²) in [4.78, 5) is 34.0. The monoisotopic (exact) mass is 380 g/mol. The van der Waals surface area contributed by atoms with Gasteiger partial charge in [-0.3, -0.25) is 9.59 Å². The number of aliphatic carboxylic acids is 1. The molecule has 7 heteroatoms. The zero-order chi connectivity index (χ0) is 18.4. The summed E-state index contributed by atoms with van der Waals surface area (Å²) in [6, 6.07) is -1.83. The van der Waals surface area contributed by atoms with E-state index in [1.54, 1.807) is 0 Å². The molecule has 0 heterocycles. The van der Waals surface area contributed by atoms with Crippen molar-refractivity contribution in [2.45, 2.75) is 97.1 Å². The summed E-state index contributed by atoms with van der Waals surface area (Å²) < 4.78 is 0. The molecule has 0 saturated heterocycles. The molecular weight excluding hydrogens is 347 g/mol.